The number of H-pyrrole nitrogens is 1. The van der Waals surface area contributed by atoms with Crippen molar-refractivity contribution >= 4 is 29.0 Å². The Labute approximate surface area is 143 Å². The van der Waals surface area contributed by atoms with Gasteiger partial charge in [-0.15, -0.1) is 11.3 Å². The van der Waals surface area contributed by atoms with E-state index in [1.165, 1.54) is 11.8 Å². The fraction of sp³-hybridized carbons (Fsp3) is 0.400. The third kappa shape index (κ3) is 3.93. The van der Waals surface area contributed by atoms with Gasteiger partial charge in [0.25, 0.3) is 0 Å². The molecule has 1 aliphatic heterocycles. The molecule has 3 rings (SSSR count). The molecule has 0 bridgehead atoms. The van der Waals surface area contributed by atoms with Crippen LogP contribution in [0.15, 0.2) is 35.1 Å². The van der Waals surface area contributed by atoms with Crippen molar-refractivity contribution in [3.8, 4) is 6.07 Å². The monoisotopic (exact) mass is 347 g/mol. The smallest absolute Gasteiger partial charge is 0.233 e. The molecule has 1 aliphatic rings. The summed E-state index contributed by atoms with van der Waals surface area (Å²) in [6, 6.07) is 6.14. The van der Waals surface area contributed by atoms with Crippen LogP contribution in [0.3, 0.4) is 0 Å². The average molecular weight is 347 g/mol. The van der Waals surface area contributed by atoms with Crippen LogP contribution in [0.25, 0.3) is 0 Å². The molecular weight excluding hydrogens is 330 g/mol. The molecule has 3 heterocycles. The van der Waals surface area contributed by atoms with Gasteiger partial charge in [-0.25, -0.2) is 4.98 Å². The zero-order valence-electron chi connectivity index (χ0n) is 12.5. The number of aromatic nitrogens is 2. The molecule has 8 heteroatoms. The number of imidazole rings is 1. The number of amides is 1. The molecule has 1 unspecified atom stereocenters. The SMILES string of the molecule is N#CC(c1cccs1)N1CCN(C(=O)CSc2ncc[nH]2)CC1. The molecule has 0 saturated carbocycles. The van der Waals surface area contributed by atoms with Crippen LogP contribution in [-0.4, -0.2) is 57.6 Å². The third-order valence-electron chi connectivity index (χ3n) is 3.77. The molecule has 2 aromatic rings. The van der Waals surface area contributed by atoms with Gasteiger partial charge in [0.15, 0.2) is 5.16 Å². The summed E-state index contributed by atoms with van der Waals surface area (Å²) >= 11 is 3.02. The van der Waals surface area contributed by atoms with Gasteiger partial charge in [0.05, 0.1) is 11.8 Å². The van der Waals surface area contributed by atoms with Crippen LogP contribution < -0.4 is 0 Å². The van der Waals surface area contributed by atoms with Gasteiger partial charge in [-0.1, -0.05) is 17.8 Å². The fourth-order valence-corrected chi connectivity index (χ4v) is 4.08. The van der Waals surface area contributed by atoms with Crippen molar-refractivity contribution in [1.29, 1.82) is 5.26 Å². The average Bonchev–Trinajstić information content (AvgIpc) is 3.28. The summed E-state index contributed by atoms with van der Waals surface area (Å²) in [5.74, 6) is 0.510. The molecular formula is C15H17N5OS2. The minimum absolute atomic E-state index is 0.121. The van der Waals surface area contributed by atoms with E-state index in [-0.39, 0.29) is 11.9 Å². The molecule has 0 radical (unpaired) electrons. The Morgan fingerprint density at radius 3 is 2.91 bits per heavy atom. The first kappa shape index (κ1) is 16.1. The number of hydrogen-bond acceptors (Lipinski definition) is 6. The first-order valence-corrected chi connectivity index (χ1v) is 9.21. The number of rotatable bonds is 5. The number of nitrogens with one attached hydrogen (secondary N) is 1. The second kappa shape index (κ2) is 7.64. The minimum Gasteiger partial charge on any atom is -0.340 e. The van der Waals surface area contributed by atoms with Crippen molar-refractivity contribution in [1.82, 2.24) is 19.8 Å². The van der Waals surface area contributed by atoms with E-state index >= 15 is 0 Å². The van der Waals surface area contributed by atoms with Crippen LogP contribution in [0, 0.1) is 11.3 Å². The number of nitrogens with zero attached hydrogens (tertiary/aromatic N) is 4. The summed E-state index contributed by atoms with van der Waals surface area (Å²) in [7, 11) is 0. The molecule has 120 valence electrons. The Bertz CT molecular complexity index is 657. The zero-order valence-corrected chi connectivity index (χ0v) is 14.1. The van der Waals surface area contributed by atoms with Crippen LogP contribution in [0.1, 0.15) is 10.9 Å². The Hall–Kier alpha value is -1.82. The van der Waals surface area contributed by atoms with Crippen LogP contribution in [0.4, 0.5) is 0 Å². The lowest BCUT2D eigenvalue weighted by atomic mass is 10.2. The number of carbonyl (C=O) groups excluding carboxylic acids is 1. The van der Waals surface area contributed by atoms with Gasteiger partial charge in [-0.05, 0) is 11.4 Å². The Morgan fingerprint density at radius 2 is 2.30 bits per heavy atom. The number of aromatic amines is 1. The van der Waals surface area contributed by atoms with Gasteiger partial charge in [0, 0.05) is 43.4 Å². The summed E-state index contributed by atoms with van der Waals surface area (Å²) in [5.41, 5.74) is 0. The maximum Gasteiger partial charge on any atom is 0.233 e. The first-order valence-electron chi connectivity index (χ1n) is 7.35. The van der Waals surface area contributed by atoms with E-state index in [9.17, 15) is 10.1 Å². The minimum atomic E-state index is -0.204. The van der Waals surface area contributed by atoms with E-state index < -0.39 is 0 Å². The number of nitriles is 1. The van der Waals surface area contributed by atoms with Crippen molar-refractivity contribution in [2.24, 2.45) is 0 Å². The van der Waals surface area contributed by atoms with Crippen molar-refractivity contribution in [2.75, 3.05) is 31.9 Å². The lowest BCUT2D eigenvalue weighted by Crippen LogP contribution is -2.49. The first-order chi connectivity index (χ1) is 11.3. The number of thiophene rings is 1. The summed E-state index contributed by atoms with van der Waals surface area (Å²) in [5, 5.41) is 12.2. The lowest BCUT2D eigenvalue weighted by molar-refractivity contribution is -0.130. The third-order valence-corrected chi connectivity index (χ3v) is 5.59. The molecule has 0 spiro atoms. The highest BCUT2D eigenvalue weighted by Crippen LogP contribution is 2.25. The lowest BCUT2D eigenvalue weighted by Gasteiger charge is -2.36. The van der Waals surface area contributed by atoms with E-state index in [1.54, 1.807) is 23.7 Å². The number of piperazine rings is 1. The van der Waals surface area contributed by atoms with Crippen LogP contribution in [0.2, 0.25) is 0 Å². The van der Waals surface area contributed by atoms with Crippen LogP contribution >= 0.6 is 23.1 Å². The summed E-state index contributed by atoms with van der Waals surface area (Å²) in [6.45, 7) is 2.79. The maximum atomic E-state index is 12.2. The summed E-state index contributed by atoms with van der Waals surface area (Å²) in [6.07, 6.45) is 3.43. The predicted molar refractivity (Wildman–Crippen MR) is 90.1 cm³/mol. The predicted octanol–water partition coefficient (Wildman–Crippen LogP) is 1.97. The highest BCUT2D eigenvalue weighted by molar-refractivity contribution is 7.99. The van der Waals surface area contributed by atoms with Crippen LogP contribution in [-0.2, 0) is 4.79 Å². The van der Waals surface area contributed by atoms with Gasteiger partial charge in [0.2, 0.25) is 5.91 Å². The van der Waals surface area contributed by atoms with Crippen molar-refractivity contribution in [2.45, 2.75) is 11.2 Å². The molecule has 1 amide bonds. The molecule has 23 heavy (non-hydrogen) atoms. The van der Waals surface area contributed by atoms with Crippen molar-refractivity contribution in [3.63, 3.8) is 0 Å². The molecule has 1 fully saturated rings. The van der Waals surface area contributed by atoms with E-state index in [0.29, 0.717) is 18.8 Å². The second-order valence-corrected chi connectivity index (χ2v) is 7.09. The molecule has 0 aromatic carbocycles. The standard InChI is InChI=1S/C15H17N5OS2/c16-10-12(13-2-1-9-22-13)19-5-7-20(8-6-19)14(21)11-23-15-17-3-4-18-15/h1-4,9,12H,5-8,11H2,(H,17,18). The van der Waals surface area contributed by atoms with Crippen molar-refractivity contribution < 1.29 is 4.79 Å². The molecule has 1 atom stereocenters. The highest BCUT2D eigenvalue weighted by atomic mass is 32.2. The molecule has 1 N–H and O–H groups in total. The highest BCUT2D eigenvalue weighted by Gasteiger charge is 2.27. The van der Waals surface area contributed by atoms with E-state index in [4.69, 9.17) is 0 Å². The normalized spacial score (nSPS) is 16.9. The summed E-state index contributed by atoms with van der Waals surface area (Å²) < 4.78 is 0. The number of thioether (sulfide) groups is 1. The van der Waals surface area contributed by atoms with Gasteiger partial charge in [0.1, 0.15) is 6.04 Å². The van der Waals surface area contributed by atoms with Gasteiger partial charge in [-0.3, -0.25) is 9.69 Å². The number of carbonyl (C=O) groups is 1. The Kier molecular flexibility index (Phi) is 5.33. The van der Waals surface area contributed by atoms with Gasteiger partial charge in [-0.2, -0.15) is 5.26 Å². The van der Waals surface area contributed by atoms with Gasteiger partial charge < -0.3 is 9.88 Å². The molecule has 1 saturated heterocycles. The quantitative estimate of drug-likeness (QED) is 0.837. The van der Waals surface area contributed by atoms with Crippen LogP contribution in [0.5, 0.6) is 0 Å². The van der Waals surface area contributed by atoms with E-state index in [2.05, 4.69) is 20.9 Å². The maximum absolute atomic E-state index is 12.2. The largest absolute Gasteiger partial charge is 0.340 e. The topological polar surface area (TPSA) is 76.0 Å². The van der Waals surface area contributed by atoms with E-state index in [1.807, 2.05) is 22.4 Å². The van der Waals surface area contributed by atoms with Crippen molar-refractivity contribution in [3.05, 3.63) is 34.8 Å². The molecule has 0 aliphatic carbocycles. The van der Waals surface area contributed by atoms with E-state index in [0.717, 1.165) is 23.1 Å². The molecule has 6 nitrogen and oxygen atoms in total. The Balaban J connectivity index is 1.50. The molecule has 2 aromatic heterocycles. The zero-order chi connectivity index (χ0) is 16.1. The number of hydrogen-bond donors (Lipinski definition) is 1. The summed E-state index contributed by atoms with van der Waals surface area (Å²) in [4.78, 5) is 24.4. The van der Waals surface area contributed by atoms with Gasteiger partial charge >= 0.3 is 0 Å². The second-order valence-electron chi connectivity index (χ2n) is 5.15. The fourth-order valence-electron chi connectivity index (χ4n) is 2.55. The Morgan fingerprint density at radius 1 is 1.48 bits per heavy atom.